The number of para-hydroxylation sites is 1. The highest BCUT2D eigenvalue weighted by atomic mass is 16.5. The van der Waals surface area contributed by atoms with Crippen LogP contribution in [0, 0.1) is 6.92 Å². The first-order chi connectivity index (χ1) is 21.6. The van der Waals surface area contributed by atoms with Crippen molar-refractivity contribution in [2.45, 2.75) is 38.8 Å². The number of rotatable bonds is 11. The second-order valence-corrected chi connectivity index (χ2v) is 10.4. The van der Waals surface area contributed by atoms with E-state index in [0.29, 0.717) is 65.2 Å². The van der Waals surface area contributed by atoms with Crippen molar-refractivity contribution in [1.29, 1.82) is 0 Å². The Balaban J connectivity index is 1.27. The Morgan fingerprint density at radius 1 is 0.955 bits per heavy atom. The lowest BCUT2D eigenvalue weighted by Crippen LogP contribution is -2.29. The summed E-state index contributed by atoms with van der Waals surface area (Å²) in [6, 6.07) is 24.3. The molecule has 0 saturated heterocycles. The molecule has 11 nitrogen and oxygen atoms in total. The molecule has 6 rings (SSSR count). The molecule has 3 aromatic heterocycles. The van der Waals surface area contributed by atoms with Crippen molar-refractivity contribution in [2.24, 2.45) is 0 Å². The second-order valence-electron chi connectivity index (χ2n) is 10.4. The molecule has 3 aromatic carbocycles. The number of fused-ring (bicyclic) bond motifs is 2. The minimum absolute atomic E-state index is 0.142. The number of carbonyl (C=O) groups is 1. The van der Waals surface area contributed by atoms with Crippen LogP contribution < -0.4 is 16.2 Å². The normalized spacial score (nSPS) is 11.8. The maximum atomic E-state index is 14.1. The Labute approximate surface area is 253 Å². The van der Waals surface area contributed by atoms with Gasteiger partial charge in [-0.15, -0.1) is 0 Å². The first-order valence-electron chi connectivity index (χ1n) is 14.5. The number of anilines is 1. The summed E-state index contributed by atoms with van der Waals surface area (Å²) >= 11 is 0. The number of imidazole rings is 1. The summed E-state index contributed by atoms with van der Waals surface area (Å²) in [5.74, 6) is 1.08. The number of aryl methyl sites for hydroxylation is 1. The number of amides is 1. The number of nitrogens with one attached hydrogen (secondary N) is 3. The predicted molar refractivity (Wildman–Crippen MR) is 169 cm³/mol. The molecule has 1 atom stereocenters. The average molecular weight is 589 g/mol. The van der Waals surface area contributed by atoms with Gasteiger partial charge in [0.1, 0.15) is 24.3 Å². The molecule has 0 saturated carbocycles. The Bertz CT molecular complexity index is 1940. The van der Waals surface area contributed by atoms with Crippen molar-refractivity contribution in [1.82, 2.24) is 34.8 Å². The minimum atomic E-state index is -0.463. The number of aromatic nitrogens is 6. The van der Waals surface area contributed by atoms with E-state index < -0.39 is 12.1 Å². The Morgan fingerprint density at radius 3 is 2.57 bits per heavy atom. The Morgan fingerprint density at radius 2 is 1.75 bits per heavy atom. The van der Waals surface area contributed by atoms with E-state index in [1.54, 1.807) is 10.9 Å². The van der Waals surface area contributed by atoms with Crippen molar-refractivity contribution in [2.75, 3.05) is 11.9 Å². The van der Waals surface area contributed by atoms with Crippen molar-refractivity contribution >= 4 is 34.0 Å². The molecule has 11 heteroatoms. The lowest BCUT2D eigenvalue weighted by molar-refractivity contribution is 0.139. The lowest BCUT2D eigenvalue weighted by Gasteiger charge is -2.23. The van der Waals surface area contributed by atoms with Gasteiger partial charge in [-0.1, -0.05) is 60.7 Å². The van der Waals surface area contributed by atoms with Gasteiger partial charge in [0.2, 0.25) is 0 Å². The van der Waals surface area contributed by atoms with Gasteiger partial charge in [-0.05, 0) is 55.5 Å². The van der Waals surface area contributed by atoms with E-state index >= 15 is 0 Å². The number of hydrogen-bond donors (Lipinski definition) is 3. The number of hydrogen-bond acceptors (Lipinski definition) is 8. The fraction of sp³-hybridized carbons (Fsp3) is 0.212. The van der Waals surface area contributed by atoms with Crippen molar-refractivity contribution in [3.8, 4) is 5.69 Å². The lowest BCUT2D eigenvalue weighted by atomic mass is 10.1. The van der Waals surface area contributed by atoms with Crippen LogP contribution in [-0.4, -0.2) is 42.1 Å². The molecule has 3 heterocycles. The summed E-state index contributed by atoms with van der Waals surface area (Å²) in [5, 5.41) is 6.92. The van der Waals surface area contributed by atoms with Gasteiger partial charge in [0.05, 0.1) is 29.0 Å². The molecule has 0 aliphatic heterocycles. The molecule has 222 valence electrons. The van der Waals surface area contributed by atoms with Gasteiger partial charge in [0.15, 0.2) is 11.5 Å². The predicted octanol–water partition coefficient (Wildman–Crippen LogP) is 5.61. The van der Waals surface area contributed by atoms with Crippen LogP contribution in [0.25, 0.3) is 27.8 Å². The highest BCUT2D eigenvalue weighted by Crippen LogP contribution is 2.28. The van der Waals surface area contributed by atoms with Crippen LogP contribution in [0.5, 0.6) is 0 Å². The molecule has 0 radical (unpaired) electrons. The maximum Gasteiger partial charge on any atom is 0.407 e. The topological polar surface area (TPSA) is 140 Å². The Hall–Kier alpha value is -5.58. The molecule has 44 heavy (non-hydrogen) atoms. The van der Waals surface area contributed by atoms with Crippen molar-refractivity contribution in [3.63, 3.8) is 0 Å². The van der Waals surface area contributed by atoms with Crippen LogP contribution in [-0.2, 0) is 11.3 Å². The van der Waals surface area contributed by atoms with E-state index in [9.17, 15) is 9.59 Å². The molecule has 1 unspecified atom stereocenters. The molecule has 0 spiro atoms. The smallest absolute Gasteiger partial charge is 0.407 e. The van der Waals surface area contributed by atoms with E-state index in [2.05, 4.69) is 30.6 Å². The van der Waals surface area contributed by atoms with Crippen LogP contribution in [0.4, 0.5) is 10.6 Å². The van der Waals surface area contributed by atoms with Crippen LogP contribution in [0.15, 0.2) is 96.3 Å². The van der Waals surface area contributed by atoms with Gasteiger partial charge in [0.25, 0.3) is 5.56 Å². The standard InChI is InChI=1S/C33H32N8O3/c1-22-11-10-17-25-27(22)32(42)41(24-14-6-3-7-15-24)31(40-25)26(39-30-28-29(36-20-35-28)37-21-38-30)16-8-9-18-34-33(43)44-19-23-12-4-2-5-13-23/h2-7,10-15,17,20-21,26H,8-9,16,18-19H2,1H3,(H,34,43)(H2,35,36,37,38,39). The number of unbranched alkanes of at least 4 members (excludes halogenated alkanes) is 1. The molecular weight excluding hydrogens is 556 g/mol. The number of benzene rings is 3. The summed E-state index contributed by atoms with van der Waals surface area (Å²) in [6.45, 7) is 2.57. The number of ether oxygens (including phenoxy) is 1. The van der Waals surface area contributed by atoms with Crippen LogP contribution in [0.1, 0.15) is 42.3 Å². The summed E-state index contributed by atoms with van der Waals surface area (Å²) in [5.41, 5.74) is 4.17. The first kappa shape index (κ1) is 28.5. The Kier molecular flexibility index (Phi) is 8.53. The molecule has 6 aromatic rings. The van der Waals surface area contributed by atoms with E-state index in [4.69, 9.17) is 9.72 Å². The molecule has 0 aliphatic rings. The van der Waals surface area contributed by atoms with Gasteiger partial charge >= 0.3 is 6.09 Å². The summed E-state index contributed by atoms with van der Waals surface area (Å²) in [4.78, 5) is 47.5. The zero-order valence-electron chi connectivity index (χ0n) is 24.2. The van der Waals surface area contributed by atoms with E-state index in [-0.39, 0.29) is 12.2 Å². The quantitative estimate of drug-likeness (QED) is 0.166. The van der Waals surface area contributed by atoms with E-state index in [0.717, 1.165) is 11.1 Å². The highest BCUT2D eigenvalue weighted by molar-refractivity contribution is 5.83. The zero-order chi connectivity index (χ0) is 30.3. The SMILES string of the molecule is Cc1cccc2nc(C(CCCCNC(=O)OCc3ccccc3)Nc3ncnc4[nH]cnc34)n(-c3ccccc3)c(=O)c12. The molecule has 0 bridgehead atoms. The number of carbonyl (C=O) groups excluding carboxylic acids is 1. The minimum Gasteiger partial charge on any atom is -0.445 e. The van der Waals surface area contributed by atoms with Gasteiger partial charge in [-0.25, -0.2) is 24.7 Å². The summed E-state index contributed by atoms with van der Waals surface area (Å²) < 4.78 is 7.01. The summed E-state index contributed by atoms with van der Waals surface area (Å²) in [6.07, 6.45) is 4.55. The summed E-state index contributed by atoms with van der Waals surface area (Å²) in [7, 11) is 0. The maximum absolute atomic E-state index is 14.1. The molecule has 1 amide bonds. The number of aromatic amines is 1. The van der Waals surface area contributed by atoms with E-state index in [1.165, 1.54) is 6.33 Å². The van der Waals surface area contributed by atoms with Gasteiger partial charge in [-0.3, -0.25) is 9.36 Å². The third kappa shape index (κ3) is 6.26. The van der Waals surface area contributed by atoms with Crippen LogP contribution in [0.2, 0.25) is 0 Å². The fourth-order valence-electron chi connectivity index (χ4n) is 5.21. The number of alkyl carbamates (subject to hydrolysis) is 1. The van der Waals surface area contributed by atoms with Crippen LogP contribution in [0.3, 0.4) is 0 Å². The van der Waals surface area contributed by atoms with Crippen molar-refractivity contribution in [3.05, 3.63) is 119 Å². The molecule has 0 fully saturated rings. The fourth-order valence-corrected chi connectivity index (χ4v) is 5.21. The largest absolute Gasteiger partial charge is 0.445 e. The monoisotopic (exact) mass is 588 g/mol. The van der Waals surface area contributed by atoms with Gasteiger partial charge in [0, 0.05) is 6.54 Å². The van der Waals surface area contributed by atoms with Crippen molar-refractivity contribution < 1.29 is 9.53 Å². The second kappa shape index (κ2) is 13.2. The molecule has 3 N–H and O–H groups in total. The molecule has 0 aliphatic carbocycles. The zero-order valence-corrected chi connectivity index (χ0v) is 24.2. The third-order valence-electron chi connectivity index (χ3n) is 7.39. The molecular formula is C33H32N8O3. The third-order valence-corrected chi connectivity index (χ3v) is 7.39. The number of nitrogens with zero attached hydrogens (tertiary/aromatic N) is 5. The van der Waals surface area contributed by atoms with E-state index in [1.807, 2.05) is 85.8 Å². The highest BCUT2D eigenvalue weighted by Gasteiger charge is 2.23. The number of H-pyrrole nitrogens is 1. The van der Waals surface area contributed by atoms with Gasteiger partial charge < -0.3 is 20.4 Å². The van der Waals surface area contributed by atoms with Gasteiger partial charge in [-0.2, -0.15) is 0 Å². The average Bonchev–Trinajstić information content (AvgIpc) is 3.54. The first-order valence-corrected chi connectivity index (χ1v) is 14.5. The van der Waals surface area contributed by atoms with Crippen LogP contribution >= 0.6 is 0 Å².